The summed E-state index contributed by atoms with van der Waals surface area (Å²) in [7, 11) is 1.59. The van der Waals surface area contributed by atoms with Gasteiger partial charge in [-0.15, -0.1) is 0 Å². The molecular formula is C14H15ClFN3O. The van der Waals surface area contributed by atoms with Crippen LogP contribution in [-0.4, -0.2) is 7.11 Å². The SMILES string of the molecule is COc1cccc(CNc2c(N)cc(N)c(Cl)c2F)c1. The number of nitrogens with two attached hydrogens (primary N) is 2. The van der Waals surface area contributed by atoms with Crippen molar-refractivity contribution < 1.29 is 9.13 Å². The van der Waals surface area contributed by atoms with Crippen molar-refractivity contribution in [2.75, 3.05) is 23.9 Å². The van der Waals surface area contributed by atoms with E-state index in [4.69, 9.17) is 27.8 Å². The highest BCUT2D eigenvalue weighted by atomic mass is 35.5. The van der Waals surface area contributed by atoms with E-state index in [9.17, 15) is 4.39 Å². The number of methoxy groups -OCH3 is 1. The average molecular weight is 296 g/mol. The van der Waals surface area contributed by atoms with Crippen LogP contribution in [0.5, 0.6) is 5.75 Å². The standard InChI is InChI=1S/C14H15ClFN3O/c1-20-9-4-2-3-8(5-9)7-19-14-11(18)6-10(17)12(15)13(14)16/h2-6,19H,7,17-18H2,1H3. The van der Waals surface area contributed by atoms with E-state index in [1.54, 1.807) is 7.11 Å². The molecule has 0 unspecified atom stereocenters. The topological polar surface area (TPSA) is 73.3 Å². The van der Waals surface area contributed by atoms with Crippen LogP contribution in [-0.2, 0) is 6.54 Å². The summed E-state index contributed by atoms with van der Waals surface area (Å²) in [5.74, 6) is 0.0835. The minimum absolute atomic E-state index is 0.119. The third kappa shape index (κ3) is 2.88. The fourth-order valence-electron chi connectivity index (χ4n) is 1.82. The number of nitrogens with one attached hydrogen (secondary N) is 1. The number of anilines is 3. The minimum Gasteiger partial charge on any atom is -0.497 e. The molecule has 2 rings (SSSR count). The summed E-state index contributed by atoms with van der Waals surface area (Å²) < 4.78 is 19.1. The van der Waals surface area contributed by atoms with Crippen LogP contribution in [0.25, 0.3) is 0 Å². The normalized spacial score (nSPS) is 10.3. The van der Waals surface area contributed by atoms with Crippen LogP contribution in [0.4, 0.5) is 21.5 Å². The van der Waals surface area contributed by atoms with Crippen LogP contribution in [0.2, 0.25) is 5.02 Å². The molecule has 0 radical (unpaired) electrons. The van der Waals surface area contributed by atoms with Crippen molar-refractivity contribution in [3.63, 3.8) is 0 Å². The van der Waals surface area contributed by atoms with Crippen LogP contribution in [0, 0.1) is 5.82 Å². The molecule has 2 aromatic rings. The maximum absolute atomic E-state index is 14.0. The van der Waals surface area contributed by atoms with Crippen molar-refractivity contribution >= 4 is 28.7 Å². The average Bonchev–Trinajstić information content (AvgIpc) is 2.45. The number of ether oxygens (including phenoxy) is 1. The van der Waals surface area contributed by atoms with E-state index in [2.05, 4.69) is 5.32 Å². The van der Waals surface area contributed by atoms with E-state index in [1.807, 2.05) is 24.3 Å². The second-order valence-corrected chi connectivity index (χ2v) is 4.64. The van der Waals surface area contributed by atoms with Gasteiger partial charge in [-0.05, 0) is 23.8 Å². The fourth-order valence-corrected chi connectivity index (χ4v) is 1.97. The highest BCUT2D eigenvalue weighted by molar-refractivity contribution is 6.33. The number of halogens is 2. The van der Waals surface area contributed by atoms with Crippen molar-refractivity contribution in [1.29, 1.82) is 0 Å². The van der Waals surface area contributed by atoms with E-state index >= 15 is 0 Å². The van der Waals surface area contributed by atoms with Gasteiger partial charge in [-0.3, -0.25) is 0 Å². The number of benzene rings is 2. The predicted molar refractivity (Wildman–Crippen MR) is 80.6 cm³/mol. The Balaban J connectivity index is 2.21. The number of nitrogen functional groups attached to an aromatic ring is 2. The minimum atomic E-state index is -0.646. The zero-order chi connectivity index (χ0) is 14.7. The zero-order valence-electron chi connectivity index (χ0n) is 10.9. The van der Waals surface area contributed by atoms with Crippen molar-refractivity contribution in [1.82, 2.24) is 0 Å². The molecule has 0 amide bonds. The second kappa shape index (κ2) is 5.88. The van der Waals surface area contributed by atoms with Gasteiger partial charge in [-0.25, -0.2) is 4.39 Å². The molecule has 0 saturated carbocycles. The van der Waals surface area contributed by atoms with Crippen LogP contribution >= 0.6 is 11.6 Å². The summed E-state index contributed by atoms with van der Waals surface area (Å²) in [4.78, 5) is 0. The predicted octanol–water partition coefficient (Wildman–Crippen LogP) is 3.26. The van der Waals surface area contributed by atoms with Crippen molar-refractivity contribution in [2.45, 2.75) is 6.54 Å². The van der Waals surface area contributed by atoms with Gasteiger partial charge < -0.3 is 21.5 Å². The number of rotatable bonds is 4. The first-order chi connectivity index (χ1) is 9.52. The molecule has 0 aromatic heterocycles. The molecule has 20 heavy (non-hydrogen) atoms. The molecule has 106 valence electrons. The van der Waals surface area contributed by atoms with E-state index in [-0.39, 0.29) is 22.1 Å². The molecule has 4 nitrogen and oxygen atoms in total. The molecule has 0 fully saturated rings. The molecule has 0 atom stereocenters. The largest absolute Gasteiger partial charge is 0.497 e. The van der Waals surface area contributed by atoms with Gasteiger partial charge >= 0.3 is 0 Å². The molecular weight excluding hydrogens is 281 g/mol. The molecule has 5 N–H and O–H groups in total. The van der Waals surface area contributed by atoms with Gasteiger partial charge in [0.2, 0.25) is 0 Å². The smallest absolute Gasteiger partial charge is 0.169 e. The first-order valence-corrected chi connectivity index (χ1v) is 6.30. The van der Waals surface area contributed by atoms with E-state index in [0.29, 0.717) is 6.54 Å². The molecule has 0 aliphatic carbocycles. The van der Waals surface area contributed by atoms with Crippen LogP contribution < -0.4 is 21.5 Å². The van der Waals surface area contributed by atoms with E-state index < -0.39 is 5.82 Å². The summed E-state index contributed by atoms with van der Waals surface area (Å²) >= 11 is 5.77. The monoisotopic (exact) mass is 295 g/mol. The lowest BCUT2D eigenvalue weighted by Gasteiger charge is -2.13. The molecule has 0 aliphatic rings. The highest BCUT2D eigenvalue weighted by Crippen LogP contribution is 2.33. The summed E-state index contributed by atoms with van der Waals surface area (Å²) in [5.41, 5.74) is 12.7. The van der Waals surface area contributed by atoms with Gasteiger partial charge in [-0.1, -0.05) is 23.7 Å². The summed E-state index contributed by atoms with van der Waals surface area (Å²) in [6, 6.07) is 8.85. The van der Waals surface area contributed by atoms with E-state index in [1.165, 1.54) is 6.07 Å². The summed E-state index contributed by atoms with van der Waals surface area (Å²) in [6.45, 7) is 0.387. The van der Waals surface area contributed by atoms with E-state index in [0.717, 1.165) is 11.3 Å². The van der Waals surface area contributed by atoms with Gasteiger partial charge in [0.15, 0.2) is 5.82 Å². The molecule has 0 spiro atoms. The lowest BCUT2D eigenvalue weighted by Crippen LogP contribution is -2.06. The molecule has 6 heteroatoms. The third-order valence-corrected chi connectivity index (χ3v) is 3.25. The fraction of sp³-hybridized carbons (Fsp3) is 0.143. The lowest BCUT2D eigenvalue weighted by molar-refractivity contribution is 0.414. The summed E-state index contributed by atoms with van der Waals surface area (Å²) in [6.07, 6.45) is 0. The second-order valence-electron chi connectivity index (χ2n) is 4.26. The molecule has 2 aromatic carbocycles. The quantitative estimate of drug-likeness (QED) is 0.757. The van der Waals surface area contributed by atoms with Crippen molar-refractivity contribution in [2.24, 2.45) is 0 Å². The lowest BCUT2D eigenvalue weighted by atomic mass is 10.2. The van der Waals surface area contributed by atoms with Crippen molar-refractivity contribution in [3.8, 4) is 5.75 Å². The molecule has 0 heterocycles. The molecule has 0 bridgehead atoms. The Morgan fingerprint density at radius 3 is 2.70 bits per heavy atom. The Labute approximate surface area is 121 Å². The maximum Gasteiger partial charge on any atom is 0.169 e. The first kappa shape index (κ1) is 14.3. The van der Waals surface area contributed by atoms with Crippen molar-refractivity contribution in [3.05, 3.63) is 46.7 Å². The summed E-state index contributed by atoms with van der Waals surface area (Å²) in [5, 5.41) is 2.79. The Bertz CT molecular complexity index is 634. The van der Waals surface area contributed by atoms with Gasteiger partial charge in [0, 0.05) is 6.54 Å². The highest BCUT2D eigenvalue weighted by Gasteiger charge is 2.13. The zero-order valence-corrected chi connectivity index (χ0v) is 11.7. The van der Waals surface area contributed by atoms with Crippen LogP contribution in [0.3, 0.4) is 0 Å². The number of hydrogen-bond acceptors (Lipinski definition) is 4. The number of hydrogen-bond donors (Lipinski definition) is 3. The van der Waals surface area contributed by atoms with Gasteiger partial charge in [0.25, 0.3) is 0 Å². The Morgan fingerprint density at radius 2 is 2.00 bits per heavy atom. The Hall–Kier alpha value is -2.14. The molecule has 0 aliphatic heterocycles. The third-order valence-electron chi connectivity index (χ3n) is 2.87. The maximum atomic E-state index is 14.0. The van der Waals surface area contributed by atoms with Crippen LogP contribution in [0.1, 0.15) is 5.56 Å². The first-order valence-electron chi connectivity index (χ1n) is 5.92. The van der Waals surface area contributed by atoms with Gasteiger partial charge in [-0.2, -0.15) is 0 Å². The Morgan fingerprint density at radius 1 is 1.25 bits per heavy atom. The Kier molecular flexibility index (Phi) is 4.20. The molecule has 0 saturated heterocycles. The van der Waals surface area contributed by atoms with Gasteiger partial charge in [0.05, 0.1) is 24.2 Å². The van der Waals surface area contributed by atoms with Gasteiger partial charge in [0.1, 0.15) is 10.8 Å². The van der Waals surface area contributed by atoms with Crippen LogP contribution in [0.15, 0.2) is 30.3 Å².